The van der Waals surface area contributed by atoms with Crippen LogP contribution in [0.3, 0.4) is 0 Å². The van der Waals surface area contributed by atoms with Gasteiger partial charge in [0.15, 0.2) is 0 Å². The SMILES string of the molecule is CC1CCCC1C(=O)N(CCBr)CC(F)F. The Labute approximate surface area is 104 Å². The standard InChI is InChI=1S/C11H18BrF2NO/c1-8-3-2-4-9(8)11(16)15(6-5-12)7-10(13)14/h8-10H,2-7H2,1H3. The van der Waals surface area contributed by atoms with Crippen molar-refractivity contribution in [1.29, 1.82) is 0 Å². The van der Waals surface area contributed by atoms with Gasteiger partial charge in [-0.15, -0.1) is 0 Å². The molecule has 0 heterocycles. The second-order valence-corrected chi connectivity index (χ2v) is 5.17. The Morgan fingerprint density at radius 2 is 2.19 bits per heavy atom. The number of halogens is 3. The van der Waals surface area contributed by atoms with Crippen LogP contribution in [-0.2, 0) is 4.79 Å². The van der Waals surface area contributed by atoms with Crippen LogP contribution in [-0.4, -0.2) is 35.7 Å². The molecule has 0 aromatic carbocycles. The number of amides is 1. The zero-order valence-electron chi connectivity index (χ0n) is 9.46. The van der Waals surface area contributed by atoms with Crippen LogP contribution in [0.1, 0.15) is 26.2 Å². The topological polar surface area (TPSA) is 20.3 Å². The summed E-state index contributed by atoms with van der Waals surface area (Å²) in [6, 6.07) is 0. The quantitative estimate of drug-likeness (QED) is 0.715. The van der Waals surface area contributed by atoms with Crippen molar-refractivity contribution in [3.05, 3.63) is 0 Å². The Bertz CT molecular complexity index is 238. The third-order valence-corrected chi connectivity index (χ3v) is 3.56. The molecule has 0 bridgehead atoms. The Hall–Kier alpha value is -0.190. The molecule has 0 aliphatic heterocycles. The summed E-state index contributed by atoms with van der Waals surface area (Å²) in [7, 11) is 0. The lowest BCUT2D eigenvalue weighted by Gasteiger charge is -2.26. The van der Waals surface area contributed by atoms with E-state index in [1.165, 1.54) is 4.90 Å². The van der Waals surface area contributed by atoms with Crippen molar-refractivity contribution >= 4 is 21.8 Å². The van der Waals surface area contributed by atoms with Crippen molar-refractivity contribution in [1.82, 2.24) is 4.90 Å². The van der Waals surface area contributed by atoms with Gasteiger partial charge in [-0.25, -0.2) is 8.78 Å². The Morgan fingerprint density at radius 1 is 1.50 bits per heavy atom. The number of carbonyl (C=O) groups excluding carboxylic acids is 1. The fourth-order valence-electron chi connectivity index (χ4n) is 2.31. The first-order chi connectivity index (χ1) is 7.56. The molecule has 5 heteroatoms. The van der Waals surface area contributed by atoms with Crippen LogP contribution in [0, 0.1) is 11.8 Å². The van der Waals surface area contributed by atoms with Gasteiger partial charge < -0.3 is 4.90 Å². The molecule has 0 aromatic rings. The van der Waals surface area contributed by atoms with E-state index >= 15 is 0 Å². The first-order valence-electron chi connectivity index (χ1n) is 5.69. The van der Waals surface area contributed by atoms with E-state index in [9.17, 15) is 13.6 Å². The highest BCUT2D eigenvalue weighted by molar-refractivity contribution is 9.09. The number of nitrogens with zero attached hydrogens (tertiary/aromatic N) is 1. The van der Waals surface area contributed by atoms with Gasteiger partial charge in [0.25, 0.3) is 6.43 Å². The summed E-state index contributed by atoms with van der Waals surface area (Å²) in [6.07, 6.45) is 0.476. The molecule has 0 N–H and O–H groups in total. The van der Waals surface area contributed by atoms with Crippen LogP contribution in [0.25, 0.3) is 0 Å². The Morgan fingerprint density at radius 3 is 2.62 bits per heavy atom. The minimum Gasteiger partial charge on any atom is -0.336 e. The largest absolute Gasteiger partial charge is 0.336 e. The summed E-state index contributed by atoms with van der Waals surface area (Å²) in [5, 5.41) is 0.548. The van der Waals surface area contributed by atoms with Crippen molar-refractivity contribution in [3.63, 3.8) is 0 Å². The van der Waals surface area contributed by atoms with Crippen molar-refractivity contribution < 1.29 is 13.6 Å². The fraction of sp³-hybridized carbons (Fsp3) is 0.909. The van der Waals surface area contributed by atoms with Gasteiger partial charge in [0, 0.05) is 17.8 Å². The molecule has 94 valence electrons. The molecule has 1 aliphatic rings. The average molecular weight is 298 g/mol. The van der Waals surface area contributed by atoms with Gasteiger partial charge in [-0.1, -0.05) is 29.3 Å². The van der Waals surface area contributed by atoms with Crippen LogP contribution in [0.4, 0.5) is 8.78 Å². The monoisotopic (exact) mass is 297 g/mol. The zero-order chi connectivity index (χ0) is 12.1. The Kier molecular flexibility index (Phi) is 5.66. The predicted molar refractivity (Wildman–Crippen MR) is 62.9 cm³/mol. The van der Waals surface area contributed by atoms with Crippen LogP contribution in [0.15, 0.2) is 0 Å². The number of hydrogen-bond acceptors (Lipinski definition) is 1. The van der Waals surface area contributed by atoms with Crippen LogP contribution in [0.2, 0.25) is 0 Å². The minimum atomic E-state index is -2.44. The maximum absolute atomic E-state index is 12.3. The molecular formula is C11H18BrF2NO. The smallest absolute Gasteiger partial charge is 0.255 e. The first kappa shape index (κ1) is 13.9. The molecule has 1 saturated carbocycles. The molecule has 1 aliphatic carbocycles. The maximum Gasteiger partial charge on any atom is 0.255 e. The average Bonchev–Trinajstić information content (AvgIpc) is 2.62. The number of hydrogen-bond donors (Lipinski definition) is 0. The highest BCUT2D eigenvalue weighted by atomic mass is 79.9. The van der Waals surface area contributed by atoms with Gasteiger partial charge in [-0.05, 0) is 18.8 Å². The zero-order valence-corrected chi connectivity index (χ0v) is 11.1. The molecule has 16 heavy (non-hydrogen) atoms. The van der Waals surface area contributed by atoms with Gasteiger partial charge in [0.2, 0.25) is 5.91 Å². The van der Waals surface area contributed by atoms with Crippen molar-refractivity contribution in [2.45, 2.75) is 32.6 Å². The van der Waals surface area contributed by atoms with Gasteiger partial charge in [0.1, 0.15) is 0 Å². The van der Waals surface area contributed by atoms with E-state index < -0.39 is 13.0 Å². The lowest BCUT2D eigenvalue weighted by molar-refractivity contribution is -0.138. The third-order valence-electron chi connectivity index (χ3n) is 3.20. The summed E-state index contributed by atoms with van der Waals surface area (Å²) >= 11 is 3.19. The van der Waals surface area contributed by atoms with Gasteiger partial charge in [-0.3, -0.25) is 4.79 Å². The van der Waals surface area contributed by atoms with E-state index in [-0.39, 0.29) is 11.8 Å². The first-order valence-corrected chi connectivity index (χ1v) is 6.81. The number of rotatable bonds is 5. The predicted octanol–water partition coefficient (Wildman–Crippen LogP) is 2.91. The minimum absolute atomic E-state index is 0.0437. The van der Waals surface area contributed by atoms with Gasteiger partial charge in [-0.2, -0.15) is 0 Å². The highest BCUT2D eigenvalue weighted by Gasteiger charge is 2.33. The van der Waals surface area contributed by atoms with Crippen molar-refractivity contribution in [2.75, 3.05) is 18.4 Å². The number of alkyl halides is 3. The van der Waals surface area contributed by atoms with E-state index in [0.717, 1.165) is 19.3 Å². The van der Waals surface area contributed by atoms with E-state index in [2.05, 4.69) is 15.9 Å². The molecule has 2 unspecified atom stereocenters. The van der Waals surface area contributed by atoms with Crippen molar-refractivity contribution in [2.24, 2.45) is 11.8 Å². The van der Waals surface area contributed by atoms with E-state index in [4.69, 9.17) is 0 Å². The Balaban J connectivity index is 2.58. The molecule has 1 rings (SSSR count). The molecular weight excluding hydrogens is 280 g/mol. The van der Waals surface area contributed by atoms with Crippen molar-refractivity contribution in [3.8, 4) is 0 Å². The molecule has 0 radical (unpaired) electrons. The normalized spacial score (nSPS) is 25.1. The third kappa shape index (κ3) is 3.68. The second-order valence-electron chi connectivity index (χ2n) is 4.38. The summed E-state index contributed by atoms with van der Waals surface area (Å²) in [4.78, 5) is 13.4. The summed E-state index contributed by atoms with van der Waals surface area (Å²) < 4.78 is 24.7. The van der Waals surface area contributed by atoms with Crippen LogP contribution >= 0.6 is 15.9 Å². The molecule has 2 atom stereocenters. The lowest BCUT2D eigenvalue weighted by atomic mass is 9.96. The molecule has 2 nitrogen and oxygen atoms in total. The van der Waals surface area contributed by atoms with Crippen LogP contribution < -0.4 is 0 Å². The molecule has 0 spiro atoms. The summed E-state index contributed by atoms with van der Waals surface area (Å²) in [5.74, 6) is 0.200. The van der Waals surface area contributed by atoms with Gasteiger partial charge in [0.05, 0.1) is 6.54 Å². The van der Waals surface area contributed by atoms with E-state index in [1.807, 2.05) is 6.92 Å². The fourth-order valence-corrected chi connectivity index (χ4v) is 2.73. The number of carbonyl (C=O) groups is 1. The molecule has 1 fully saturated rings. The van der Waals surface area contributed by atoms with E-state index in [0.29, 0.717) is 17.8 Å². The molecule has 0 aromatic heterocycles. The molecule has 1 amide bonds. The molecule has 0 saturated heterocycles. The summed E-state index contributed by atoms with van der Waals surface area (Å²) in [5.41, 5.74) is 0. The highest BCUT2D eigenvalue weighted by Crippen LogP contribution is 2.32. The second kappa shape index (κ2) is 6.52. The van der Waals surface area contributed by atoms with Crippen LogP contribution in [0.5, 0.6) is 0 Å². The van der Waals surface area contributed by atoms with E-state index in [1.54, 1.807) is 0 Å². The lowest BCUT2D eigenvalue weighted by Crippen LogP contribution is -2.41. The van der Waals surface area contributed by atoms with Gasteiger partial charge >= 0.3 is 0 Å². The maximum atomic E-state index is 12.3. The summed E-state index contributed by atoms with van der Waals surface area (Å²) in [6.45, 7) is 1.96.